The molecule has 0 bridgehead atoms. The molecule has 0 atom stereocenters. The lowest BCUT2D eigenvalue weighted by Crippen LogP contribution is -1.99. The fraction of sp³-hybridized carbons (Fsp3) is 0. The summed E-state index contributed by atoms with van der Waals surface area (Å²) in [7, 11) is 0. The molecule has 4 nitrogen and oxygen atoms in total. The zero-order valence-electron chi connectivity index (χ0n) is 31.4. The summed E-state index contributed by atoms with van der Waals surface area (Å²) in [6.45, 7) is 0. The lowest BCUT2D eigenvalue weighted by Gasteiger charge is -2.13. The van der Waals surface area contributed by atoms with Crippen molar-refractivity contribution in [2.24, 2.45) is 0 Å². The van der Waals surface area contributed by atoms with Gasteiger partial charge in [0.15, 0.2) is 5.82 Å². The number of fused-ring (bicyclic) bond motifs is 9. The minimum atomic E-state index is 0.693. The molecule has 270 valence electrons. The van der Waals surface area contributed by atoms with E-state index < -0.39 is 0 Å². The van der Waals surface area contributed by atoms with Crippen LogP contribution < -0.4 is 0 Å². The van der Waals surface area contributed by atoms with Gasteiger partial charge < -0.3 is 9.13 Å². The van der Waals surface area contributed by atoms with Gasteiger partial charge in [0.1, 0.15) is 0 Å². The molecule has 0 spiro atoms. The Morgan fingerprint density at radius 1 is 0.293 bits per heavy atom. The van der Waals surface area contributed by atoms with Crippen molar-refractivity contribution in [2.45, 2.75) is 0 Å². The SMILES string of the molecule is c1ccc(-c2cc(-c3ccccc3)nc(-c3ccc(-n4c5cc6ccccc6cc5c5ccc6c7cc8ccccc8cc7n(-c7ccccc7)c6c54)cc3)n2)cc1. The van der Waals surface area contributed by atoms with E-state index in [1.54, 1.807) is 0 Å². The second-order valence-corrected chi connectivity index (χ2v) is 15.0. The first kappa shape index (κ1) is 32.4. The molecular formula is C54H34N4. The monoisotopic (exact) mass is 738 g/mol. The fourth-order valence-corrected chi connectivity index (χ4v) is 8.93. The molecule has 0 fully saturated rings. The van der Waals surface area contributed by atoms with E-state index in [-0.39, 0.29) is 0 Å². The maximum Gasteiger partial charge on any atom is 0.160 e. The van der Waals surface area contributed by atoms with Crippen molar-refractivity contribution in [1.29, 1.82) is 0 Å². The van der Waals surface area contributed by atoms with Crippen LogP contribution in [0.25, 0.3) is 110 Å². The molecule has 9 aromatic carbocycles. The number of aromatic nitrogens is 4. The van der Waals surface area contributed by atoms with Crippen LogP contribution in [-0.4, -0.2) is 19.1 Å². The van der Waals surface area contributed by atoms with Crippen LogP contribution in [0, 0.1) is 0 Å². The van der Waals surface area contributed by atoms with Gasteiger partial charge in [0.2, 0.25) is 0 Å². The van der Waals surface area contributed by atoms with Gasteiger partial charge >= 0.3 is 0 Å². The molecule has 0 aliphatic carbocycles. The van der Waals surface area contributed by atoms with E-state index in [0.29, 0.717) is 5.82 Å². The number of nitrogens with zero attached hydrogens (tertiary/aromatic N) is 4. The Morgan fingerprint density at radius 2 is 0.690 bits per heavy atom. The molecule has 0 N–H and O–H groups in total. The molecule has 0 aliphatic rings. The summed E-state index contributed by atoms with van der Waals surface area (Å²) in [5, 5.41) is 9.80. The molecule has 0 unspecified atom stereocenters. The molecule has 3 heterocycles. The van der Waals surface area contributed by atoms with Crippen LogP contribution in [0.4, 0.5) is 0 Å². The number of para-hydroxylation sites is 1. The van der Waals surface area contributed by atoms with Crippen molar-refractivity contribution in [1.82, 2.24) is 19.1 Å². The van der Waals surface area contributed by atoms with E-state index in [0.717, 1.165) is 45.0 Å². The molecule has 12 rings (SSSR count). The molecule has 0 amide bonds. The van der Waals surface area contributed by atoms with Gasteiger partial charge in [-0.15, -0.1) is 0 Å². The van der Waals surface area contributed by atoms with Crippen LogP contribution >= 0.6 is 0 Å². The van der Waals surface area contributed by atoms with Gasteiger partial charge in [-0.1, -0.05) is 140 Å². The van der Waals surface area contributed by atoms with Crippen LogP contribution in [-0.2, 0) is 0 Å². The highest BCUT2D eigenvalue weighted by molar-refractivity contribution is 6.26. The highest BCUT2D eigenvalue weighted by atomic mass is 15.0. The second kappa shape index (κ2) is 12.9. The number of rotatable bonds is 5. The number of hydrogen-bond donors (Lipinski definition) is 0. The lowest BCUT2D eigenvalue weighted by atomic mass is 10.0. The van der Waals surface area contributed by atoms with Gasteiger partial charge in [-0.3, -0.25) is 0 Å². The maximum absolute atomic E-state index is 5.14. The highest BCUT2D eigenvalue weighted by Crippen LogP contribution is 2.43. The Balaban J connectivity index is 1.14. The van der Waals surface area contributed by atoms with Crippen molar-refractivity contribution in [3.63, 3.8) is 0 Å². The number of hydrogen-bond acceptors (Lipinski definition) is 2. The van der Waals surface area contributed by atoms with Gasteiger partial charge in [0.05, 0.1) is 33.5 Å². The summed E-state index contributed by atoms with van der Waals surface area (Å²) in [5.74, 6) is 0.693. The molecule has 4 heteroatoms. The molecule has 0 aliphatic heterocycles. The zero-order valence-corrected chi connectivity index (χ0v) is 31.4. The van der Waals surface area contributed by atoms with Gasteiger partial charge in [0.25, 0.3) is 0 Å². The molecule has 3 aromatic heterocycles. The standard InChI is InChI=1S/C54H34N4/c1-4-14-35(15-5-1)48-34-49(36-16-6-2-7-17-36)56-54(55-48)37-24-26-43(27-25-37)58-51-33-41-21-13-11-19-39(41)31-47(51)45-29-28-44-46-30-38-18-10-12-20-40(38)32-50(46)57(52(44)53(45)58)42-22-8-3-9-23-42/h1-34H. The van der Waals surface area contributed by atoms with Crippen molar-refractivity contribution in [3.05, 3.63) is 206 Å². The Labute approximate surface area is 334 Å². The molecule has 0 radical (unpaired) electrons. The summed E-state index contributed by atoms with van der Waals surface area (Å²) < 4.78 is 4.94. The van der Waals surface area contributed by atoms with Crippen LogP contribution in [0.15, 0.2) is 206 Å². The van der Waals surface area contributed by atoms with Gasteiger partial charge in [0, 0.05) is 49.6 Å². The molecule has 0 saturated carbocycles. The minimum absolute atomic E-state index is 0.693. The third kappa shape index (κ3) is 5.09. The van der Waals surface area contributed by atoms with Gasteiger partial charge in [-0.2, -0.15) is 0 Å². The first-order valence-electron chi connectivity index (χ1n) is 19.7. The Morgan fingerprint density at radius 3 is 1.16 bits per heavy atom. The first-order valence-corrected chi connectivity index (χ1v) is 19.7. The third-order valence-electron chi connectivity index (χ3n) is 11.7. The highest BCUT2D eigenvalue weighted by Gasteiger charge is 2.22. The summed E-state index contributed by atoms with van der Waals surface area (Å²) in [6, 6.07) is 73.8. The summed E-state index contributed by atoms with van der Waals surface area (Å²) >= 11 is 0. The quantitative estimate of drug-likeness (QED) is 0.176. The Kier molecular flexibility index (Phi) is 7.20. The summed E-state index contributed by atoms with van der Waals surface area (Å²) in [4.78, 5) is 10.3. The Bertz CT molecular complexity index is 3470. The van der Waals surface area contributed by atoms with Gasteiger partial charge in [-0.25, -0.2) is 9.97 Å². The molecule has 0 saturated heterocycles. The molecule has 58 heavy (non-hydrogen) atoms. The normalized spacial score (nSPS) is 11.8. The van der Waals surface area contributed by atoms with Crippen LogP contribution in [0.2, 0.25) is 0 Å². The van der Waals surface area contributed by atoms with E-state index in [1.807, 2.05) is 12.1 Å². The molecule has 12 aromatic rings. The van der Waals surface area contributed by atoms with E-state index in [2.05, 4.69) is 203 Å². The predicted molar refractivity (Wildman–Crippen MR) is 242 cm³/mol. The van der Waals surface area contributed by atoms with E-state index in [1.165, 1.54) is 59.6 Å². The van der Waals surface area contributed by atoms with Crippen LogP contribution in [0.1, 0.15) is 0 Å². The predicted octanol–water partition coefficient (Wildman–Crippen LogP) is 14.0. The zero-order chi connectivity index (χ0) is 38.2. The molecular weight excluding hydrogens is 705 g/mol. The van der Waals surface area contributed by atoms with E-state index in [9.17, 15) is 0 Å². The van der Waals surface area contributed by atoms with E-state index >= 15 is 0 Å². The average molecular weight is 739 g/mol. The van der Waals surface area contributed by atoms with Crippen LogP contribution in [0.3, 0.4) is 0 Å². The lowest BCUT2D eigenvalue weighted by molar-refractivity contribution is 1.15. The maximum atomic E-state index is 5.14. The fourth-order valence-electron chi connectivity index (χ4n) is 8.93. The van der Waals surface area contributed by atoms with Crippen LogP contribution in [0.5, 0.6) is 0 Å². The van der Waals surface area contributed by atoms with E-state index in [4.69, 9.17) is 9.97 Å². The third-order valence-corrected chi connectivity index (χ3v) is 11.7. The average Bonchev–Trinajstić information content (AvgIpc) is 3.80. The largest absolute Gasteiger partial charge is 0.307 e. The van der Waals surface area contributed by atoms with Crippen molar-refractivity contribution in [2.75, 3.05) is 0 Å². The van der Waals surface area contributed by atoms with Crippen molar-refractivity contribution in [3.8, 4) is 45.3 Å². The summed E-state index contributed by atoms with van der Waals surface area (Å²) in [6.07, 6.45) is 0. The first-order chi connectivity index (χ1) is 28.7. The topological polar surface area (TPSA) is 35.6 Å². The summed E-state index contributed by atoms with van der Waals surface area (Å²) in [5.41, 5.74) is 11.8. The van der Waals surface area contributed by atoms with Gasteiger partial charge in [-0.05, 0) is 88.3 Å². The minimum Gasteiger partial charge on any atom is -0.307 e. The van der Waals surface area contributed by atoms with Crippen molar-refractivity contribution < 1.29 is 0 Å². The smallest absolute Gasteiger partial charge is 0.160 e. The second-order valence-electron chi connectivity index (χ2n) is 15.0. The van der Waals surface area contributed by atoms with Crippen molar-refractivity contribution >= 4 is 65.2 Å². The number of benzene rings is 9. The Hall–Kier alpha value is -7.82.